The van der Waals surface area contributed by atoms with Crippen molar-refractivity contribution < 1.29 is 27.7 Å². The molecule has 2 atom stereocenters. The fourth-order valence-corrected chi connectivity index (χ4v) is 1.17. The van der Waals surface area contributed by atoms with Crippen LogP contribution in [0.1, 0.15) is 6.92 Å². The first kappa shape index (κ1) is 13.0. The highest BCUT2D eigenvalue weighted by atomic mass is 31.1. The van der Waals surface area contributed by atoms with Gasteiger partial charge in [-0.1, -0.05) is 6.58 Å². The van der Waals surface area contributed by atoms with Crippen LogP contribution in [0.4, 0.5) is 4.79 Å². The van der Waals surface area contributed by atoms with Gasteiger partial charge in [0.15, 0.2) is 0 Å². The minimum atomic E-state index is -2.79. The van der Waals surface area contributed by atoms with Crippen molar-refractivity contribution in [3.05, 3.63) is 12.4 Å². The minimum Gasteiger partial charge on any atom is -0.407 e. The third-order valence-electron chi connectivity index (χ3n) is 0.828. The molecule has 0 aromatic heterocycles. The van der Waals surface area contributed by atoms with Crippen LogP contribution in [-0.2, 0) is 22.9 Å². The summed E-state index contributed by atoms with van der Waals surface area (Å²) in [5, 5.41) is 0. The second-order valence-electron chi connectivity index (χ2n) is 1.97. The highest BCUT2D eigenvalue weighted by Crippen LogP contribution is 2.35. The normalized spacial score (nSPS) is 12.3. The molecule has 0 aliphatic carbocycles. The lowest BCUT2D eigenvalue weighted by atomic mass is 10.9. The van der Waals surface area contributed by atoms with Crippen LogP contribution in [0.2, 0.25) is 0 Å². The molecule has 0 amide bonds. The van der Waals surface area contributed by atoms with Crippen LogP contribution < -0.4 is 0 Å². The van der Waals surface area contributed by atoms with Gasteiger partial charge in [-0.05, 0) is 12.5 Å². The van der Waals surface area contributed by atoms with Crippen LogP contribution in [-0.4, -0.2) is 18.8 Å². The van der Waals surface area contributed by atoms with E-state index >= 15 is 0 Å². The van der Waals surface area contributed by atoms with Gasteiger partial charge in [0.2, 0.25) is 0 Å². The average Bonchev–Trinajstić information content (AvgIpc) is 2.01. The Morgan fingerprint density at radius 1 is 1.43 bits per heavy atom. The average molecular weight is 239 g/mol. The Morgan fingerprint density at radius 3 is 2.43 bits per heavy atom. The molecule has 0 radical (unpaired) electrons. The van der Waals surface area contributed by atoms with E-state index in [2.05, 4.69) is 20.2 Å². The highest BCUT2D eigenvalue weighted by Gasteiger charge is 2.31. The summed E-state index contributed by atoms with van der Waals surface area (Å²) in [5.41, 5.74) is 0. The van der Waals surface area contributed by atoms with Crippen molar-refractivity contribution in [2.75, 3.05) is 6.66 Å². The van der Waals surface area contributed by atoms with E-state index in [1.54, 1.807) is 6.66 Å². The molecule has 0 aromatic carbocycles. The Kier molecular flexibility index (Phi) is 6.00. The predicted molar refractivity (Wildman–Crippen MR) is 50.0 cm³/mol. The van der Waals surface area contributed by atoms with Crippen LogP contribution >= 0.6 is 16.4 Å². The van der Waals surface area contributed by atoms with Gasteiger partial charge in [-0.2, -0.15) is 9.32 Å². The van der Waals surface area contributed by atoms with Gasteiger partial charge in [0.1, 0.15) is 8.15 Å². The van der Waals surface area contributed by atoms with Crippen molar-refractivity contribution >= 4 is 28.5 Å². The summed E-state index contributed by atoms with van der Waals surface area (Å²) in [4.78, 5) is 21.0. The third kappa shape index (κ3) is 6.52. The lowest BCUT2D eigenvalue weighted by Gasteiger charge is -2.01. The number of carbonyl (C=O) groups excluding carboxylic acids is 2. The summed E-state index contributed by atoms with van der Waals surface area (Å²) >= 11 is 0. The summed E-state index contributed by atoms with van der Waals surface area (Å²) in [7, 11) is -3.94. The molecule has 0 heterocycles. The smallest absolute Gasteiger partial charge is 0.407 e. The van der Waals surface area contributed by atoms with Crippen LogP contribution in [0, 0.1) is 0 Å². The van der Waals surface area contributed by atoms with Crippen molar-refractivity contribution in [3.63, 3.8) is 0 Å². The molecule has 0 saturated heterocycles. The zero-order valence-electron chi connectivity index (χ0n) is 7.63. The first-order valence-corrected chi connectivity index (χ1v) is 6.24. The van der Waals surface area contributed by atoms with Gasteiger partial charge in [0, 0.05) is 11.5 Å². The second kappa shape index (κ2) is 6.46. The highest BCUT2D eigenvalue weighted by molar-refractivity contribution is 7.55. The maximum atomic E-state index is 10.8. The Balaban J connectivity index is 3.88. The summed E-state index contributed by atoms with van der Waals surface area (Å²) in [6, 6.07) is 0. The van der Waals surface area contributed by atoms with E-state index in [9.17, 15) is 14.2 Å². The maximum Gasteiger partial charge on any atom is 0.814 e. The standard InChI is InChI=1S/C6H9O6P2/c1-4-13(3)11-6(8)12-14(9)10-5(2)7/h4H,1H2,2-3H3/q+1. The Hall–Kier alpha value is -0.990. The summed E-state index contributed by atoms with van der Waals surface area (Å²) < 4.78 is 23.4. The van der Waals surface area contributed by atoms with E-state index in [0.29, 0.717) is 0 Å². The van der Waals surface area contributed by atoms with E-state index < -0.39 is 28.5 Å². The van der Waals surface area contributed by atoms with Crippen LogP contribution in [0.15, 0.2) is 12.4 Å². The van der Waals surface area contributed by atoms with Gasteiger partial charge >= 0.3 is 20.4 Å². The van der Waals surface area contributed by atoms with E-state index in [0.717, 1.165) is 6.92 Å². The Morgan fingerprint density at radius 2 is 2.00 bits per heavy atom. The maximum absolute atomic E-state index is 10.8. The molecule has 78 valence electrons. The Bertz CT molecular complexity index is 263. The first-order chi connectivity index (χ1) is 6.45. The van der Waals surface area contributed by atoms with E-state index in [1.165, 1.54) is 5.82 Å². The molecule has 0 N–H and O–H groups in total. The van der Waals surface area contributed by atoms with Gasteiger partial charge in [0.25, 0.3) is 0 Å². The molecule has 14 heavy (non-hydrogen) atoms. The summed E-state index contributed by atoms with van der Waals surface area (Å²) in [6.45, 7) is 6.02. The lowest BCUT2D eigenvalue weighted by molar-refractivity contribution is -0.131. The van der Waals surface area contributed by atoms with Crippen molar-refractivity contribution in [1.82, 2.24) is 0 Å². The van der Waals surface area contributed by atoms with Gasteiger partial charge in [-0.25, -0.2) is 4.79 Å². The van der Waals surface area contributed by atoms with Crippen LogP contribution in [0.5, 0.6) is 0 Å². The largest absolute Gasteiger partial charge is 0.814 e. The summed E-state index contributed by atoms with van der Waals surface area (Å²) in [6.07, 6.45) is -1.15. The van der Waals surface area contributed by atoms with Crippen molar-refractivity contribution in [2.45, 2.75) is 6.92 Å². The zero-order valence-corrected chi connectivity index (χ0v) is 9.42. The van der Waals surface area contributed by atoms with Gasteiger partial charge in [0.05, 0.1) is 0 Å². The molecule has 0 saturated carbocycles. The molecule has 0 fully saturated rings. The van der Waals surface area contributed by atoms with Crippen molar-refractivity contribution in [3.8, 4) is 0 Å². The van der Waals surface area contributed by atoms with E-state index in [-0.39, 0.29) is 0 Å². The minimum absolute atomic E-state index is 0.804. The van der Waals surface area contributed by atoms with E-state index in [1.807, 2.05) is 0 Å². The van der Waals surface area contributed by atoms with E-state index in [4.69, 9.17) is 0 Å². The summed E-state index contributed by atoms with van der Waals surface area (Å²) in [5.74, 6) is 0.608. The number of rotatable bonds is 4. The Labute approximate surface area is 83.0 Å². The fraction of sp³-hybridized carbons (Fsp3) is 0.333. The molecule has 8 heteroatoms. The topological polar surface area (TPSA) is 78.9 Å². The number of hydrogen-bond donors (Lipinski definition) is 0. The molecule has 0 spiro atoms. The molecule has 0 aromatic rings. The van der Waals surface area contributed by atoms with Crippen molar-refractivity contribution in [1.29, 1.82) is 0 Å². The number of carbonyl (C=O) groups is 2. The quantitative estimate of drug-likeness (QED) is 0.701. The molecule has 0 aliphatic heterocycles. The molecule has 6 nitrogen and oxygen atoms in total. The zero-order chi connectivity index (χ0) is 11.1. The molecular weight excluding hydrogens is 230 g/mol. The van der Waals surface area contributed by atoms with Crippen LogP contribution in [0.3, 0.4) is 0 Å². The molecule has 0 bridgehead atoms. The molecule has 0 rings (SSSR count). The van der Waals surface area contributed by atoms with Crippen LogP contribution in [0.25, 0.3) is 0 Å². The molecule has 0 aliphatic rings. The molecular formula is C6H9O6P2+. The van der Waals surface area contributed by atoms with Gasteiger partial charge < -0.3 is 4.52 Å². The van der Waals surface area contributed by atoms with Crippen molar-refractivity contribution in [2.24, 2.45) is 0 Å². The predicted octanol–water partition coefficient (Wildman–Crippen LogP) is 2.53. The second-order valence-corrected chi connectivity index (χ2v) is 4.42. The first-order valence-electron chi connectivity index (χ1n) is 3.36. The molecule has 2 unspecified atom stereocenters. The number of hydrogen-bond acceptors (Lipinski definition) is 6. The van der Waals surface area contributed by atoms with Gasteiger partial charge in [-0.15, -0.1) is 4.52 Å². The third-order valence-corrected chi connectivity index (χ3v) is 2.48. The fourth-order valence-electron chi connectivity index (χ4n) is 0.356. The lowest BCUT2D eigenvalue weighted by Crippen LogP contribution is -2.00. The SMILES string of the molecule is C=CP(C)OC(=O)O[P+](=O)OC(C)=O. The monoisotopic (exact) mass is 239 g/mol. The van der Waals surface area contributed by atoms with Gasteiger partial charge in [-0.3, -0.25) is 0 Å².